The van der Waals surface area contributed by atoms with Gasteiger partial charge in [-0.15, -0.1) is 45.3 Å². The van der Waals surface area contributed by atoms with Crippen molar-refractivity contribution in [1.82, 2.24) is 19.9 Å². The van der Waals surface area contributed by atoms with Gasteiger partial charge in [-0.3, -0.25) is 24.8 Å². The SMILES string of the molecule is CCOP(C)(=O)Cc1nc2cc(O)c(OC)cc2s1.COc1cc2sc(C=CC=Cc3ccc(N)cc3)nc2cc1O.COc1cc2sc(C=CC=Cc3ccc([N+](=O)[O-])cc3)nc2cc1O.COc1cc2sc(CBr)nc2cc1C.O=[N+]([O-])c1ccc(C=CCO)cc1. The first-order valence-electron chi connectivity index (χ1n) is 28.2. The van der Waals surface area contributed by atoms with Gasteiger partial charge in [0.15, 0.2) is 34.5 Å². The van der Waals surface area contributed by atoms with E-state index in [-0.39, 0.29) is 35.2 Å². The first kappa shape index (κ1) is 72.1. The highest BCUT2D eigenvalue weighted by molar-refractivity contribution is 9.08. The number of rotatable bonds is 19. The number of anilines is 1. The molecule has 4 aromatic heterocycles. The van der Waals surface area contributed by atoms with E-state index in [1.54, 1.807) is 109 Å². The molecule has 0 saturated carbocycles. The van der Waals surface area contributed by atoms with Crippen LogP contribution in [0.1, 0.15) is 49.2 Å². The number of aliphatic hydroxyl groups excluding tert-OH is 1. The number of allylic oxidation sites excluding steroid dienone is 4. The number of non-ortho nitro benzene ring substituents is 2. The van der Waals surface area contributed by atoms with E-state index in [9.17, 15) is 40.1 Å². The first-order chi connectivity index (χ1) is 45.1. The molecule has 1 atom stereocenters. The Bertz CT molecular complexity index is 4590. The molecule has 0 amide bonds. The van der Waals surface area contributed by atoms with E-state index in [4.69, 9.17) is 34.3 Å². The van der Waals surface area contributed by atoms with E-state index in [0.29, 0.717) is 41.1 Å². The number of nitrogen functional groups attached to an aromatic ring is 1. The minimum Gasteiger partial charge on any atom is -0.504 e. The molecule has 27 heteroatoms. The van der Waals surface area contributed by atoms with Crippen LogP contribution >= 0.6 is 68.6 Å². The molecule has 0 bridgehead atoms. The monoisotopic (exact) mass is 1430 g/mol. The van der Waals surface area contributed by atoms with E-state index in [1.165, 1.54) is 73.0 Å². The zero-order valence-electron chi connectivity index (χ0n) is 51.7. The normalized spacial score (nSPS) is 11.9. The smallest absolute Gasteiger partial charge is 0.269 e. The minimum absolute atomic E-state index is 0.0308. The Morgan fingerprint density at radius 3 is 1.33 bits per heavy atom. The van der Waals surface area contributed by atoms with Gasteiger partial charge in [0.1, 0.15) is 25.8 Å². The maximum absolute atomic E-state index is 12.1. The molecule has 0 spiro atoms. The fourth-order valence-corrected chi connectivity index (χ4v) is 14.4. The van der Waals surface area contributed by atoms with Crippen molar-refractivity contribution in [3.63, 3.8) is 0 Å². The van der Waals surface area contributed by atoms with Crippen LogP contribution in [0.15, 0.2) is 152 Å². The number of nitrogens with two attached hydrogens (primary N) is 1. The van der Waals surface area contributed by atoms with Gasteiger partial charge in [-0.1, -0.05) is 76.7 Å². The Kier molecular flexibility index (Phi) is 26.9. The Morgan fingerprint density at radius 2 is 0.915 bits per heavy atom. The van der Waals surface area contributed by atoms with Gasteiger partial charge < -0.3 is 49.6 Å². The molecule has 11 rings (SSSR count). The average Bonchev–Trinajstić information content (AvgIpc) is 1.73. The van der Waals surface area contributed by atoms with Gasteiger partial charge in [-0.05, 0) is 96.8 Å². The summed E-state index contributed by atoms with van der Waals surface area (Å²) in [5.74, 6) is 2.44. The maximum Gasteiger partial charge on any atom is 0.269 e. The van der Waals surface area contributed by atoms with Crippen molar-refractivity contribution in [2.75, 3.05) is 54.1 Å². The highest BCUT2D eigenvalue weighted by atomic mass is 79.9. The van der Waals surface area contributed by atoms with Crippen molar-refractivity contribution in [2.24, 2.45) is 0 Å². The van der Waals surface area contributed by atoms with Crippen LogP contribution in [0.25, 0.3) is 71.2 Å². The number of thiazole rings is 4. The van der Waals surface area contributed by atoms with Gasteiger partial charge in [0.2, 0.25) is 7.37 Å². The third kappa shape index (κ3) is 21.1. The molecule has 0 aliphatic rings. The number of phenols is 3. The molecule has 0 aliphatic heterocycles. The second-order valence-electron chi connectivity index (χ2n) is 19.7. The standard InChI is InChI=1S/C18H14N2O4S.C18H16N2O2S.C12H16NO4PS.C10H10BrNOS.C9H9NO3/c1-24-16-11-17-14(10-15(16)21)19-18(25-17)5-3-2-4-12-6-8-13(9-7-12)20(22)23;1-22-16-11-17-14(10-15(16)21)20-18(23-17)5-3-2-4-12-6-8-13(19)9-7-12;1-4-17-18(3,15)7-12-13-8-5-9(14)10(16-2)6-11(8)19-12;1-6-3-7-9(4-8(6)13-2)14-10(5-11)12-7;11-7-1-2-8-3-5-9(6-4-8)10(12)13/h2-11,21H,1H3;2-11,21H,19H2,1H3;5-6,14H,4,7H2,1-3H3;3-4H,5H2,1-2H3;1-6,11H,7H2. The Morgan fingerprint density at radius 1 is 0.543 bits per heavy atom. The predicted molar refractivity (Wildman–Crippen MR) is 385 cm³/mol. The average molecular weight is 1430 g/mol. The van der Waals surface area contributed by atoms with Crippen LogP contribution in [0, 0.1) is 27.2 Å². The number of benzene rings is 7. The topological polar surface area (TPSA) is 308 Å². The van der Waals surface area contributed by atoms with Crippen LogP contribution in [0.4, 0.5) is 17.1 Å². The number of phenolic OH excluding ortho intramolecular Hbond substituents is 3. The number of hydrogen-bond donors (Lipinski definition) is 5. The number of nitro groups is 2. The second-order valence-corrected chi connectivity index (χ2v) is 27.2. The van der Waals surface area contributed by atoms with Gasteiger partial charge in [-0.2, -0.15) is 0 Å². The lowest BCUT2D eigenvalue weighted by Gasteiger charge is -2.09. The summed E-state index contributed by atoms with van der Waals surface area (Å²) in [6.45, 7) is 5.85. The summed E-state index contributed by atoms with van der Waals surface area (Å²) in [7, 11) is 3.59. The summed E-state index contributed by atoms with van der Waals surface area (Å²) < 4.78 is 41.9. The lowest BCUT2D eigenvalue weighted by Crippen LogP contribution is -1.91. The van der Waals surface area contributed by atoms with Crippen LogP contribution in [0.3, 0.4) is 0 Å². The summed E-state index contributed by atoms with van der Waals surface area (Å²) >= 11 is 9.57. The highest BCUT2D eigenvalue weighted by Crippen LogP contribution is 2.48. The zero-order valence-corrected chi connectivity index (χ0v) is 57.5. The molecule has 6 N–H and O–H groups in total. The van der Waals surface area contributed by atoms with Gasteiger partial charge in [-0.25, -0.2) is 19.9 Å². The maximum atomic E-state index is 12.1. The molecule has 21 nitrogen and oxygen atoms in total. The van der Waals surface area contributed by atoms with Gasteiger partial charge in [0.05, 0.1) is 104 Å². The largest absolute Gasteiger partial charge is 0.504 e. The second kappa shape index (κ2) is 35.1. The number of aromatic hydroxyl groups is 3. The number of aryl methyl sites for hydroxylation is 1. The third-order valence-corrected chi connectivity index (χ3v) is 19.7. The summed E-state index contributed by atoms with van der Waals surface area (Å²) in [6.07, 6.45) is 18.8. The third-order valence-electron chi connectivity index (χ3n) is 12.9. The number of aliphatic hydroxyl groups is 1. The number of fused-ring (bicyclic) bond motifs is 4. The van der Waals surface area contributed by atoms with Crippen molar-refractivity contribution < 1.29 is 58.3 Å². The van der Waals surface area contributed by atoms with Crippen LogP contribution in [-0.4, -0.2) is 98.5 Å². The van der Waals surface area contributed by atoms with E-state index in [0.717, 1.165) is 84.2 Å². The highest BCUT2D eigenvalue weighted by Gasteiger charge is 2.20. The van der Waals surface area contributed by atoms with E-state index in [2.05, 4.69) is 48.0 Å². The fourth-order valence-electron chi connectivity index (χ4n) is 8.38. The van der Waals surface area contributed by atoms with Crippen molar-refractivity contribution in [3.8, 4) is 40.2 Å². The Balaban J connectivity index is 0.000000170. The van der Waals surface area contributed by atoms with Gasteiger partial charge in [0, 0.05) is 73.0 Å². The van der Waals surface area contributed by atoms with E-state index < -0.39 is 17.2 Å². The molecule has 4 heterocycles. The predicted octanol–water partition coefficient (Wildman–Crippen LogP) is 17.5. The molecule has 488 valence electrons. The number of halogens is 1. The van der Waals surface area contributed by atoms with Crippen LogP contribution in [-0.2, 0) is 20.6 Å². The molecular formula is C67H65BrN7O14PS4. The molecular weight excluding hydrogens is 1370 g/mol. The number of hydrogen-bond acceptors (Lipinski definition) is 23. The number of methoxy groups -OCH3 is 4. The molecule has 0 fully saturated rings. The summed E-state index contributed by atoms with van der Waals surface area (Å²) in [5, 5.41) is 62.9. The molecule has 1 unspecified atom stereocenters. The van der Waals surface area contributed by atoms with Crippen molar-refractivity contribution in [1.29, 1.82) is 0 Å². The first-order valence-corrected chi connectivity index (χ1v) is 34.8. The van der Waals surface area contributed by atoms with E-state index >= 15 is 0 Å². The van der Waals surface area contributed by atoms with Crippen molar-refractivity contribution in [2.45, 2.75) is 25.3 Å². The molecule has 0 saturated heterocycles. The van der Waals surface area contributed by atoms with Crippen LogP contribution in [0.5, 0.6) is 40.2 Å². The zero-order chi connectivity index (χ0) is 67.9. The molecule has 0 aliphatic carbocycles. The van der Waals surface area contributed by atoms with Gasteiger partial charge >= 0.3 is 0 Å². The number of ether oxygens (including phenoxy) is 4. The number of aromatic nitrogens is 4. The number of alkyl halides is 1. The van der Waals surface area contributed by atoms with Gasteiger partial charge in [0.25, 0.3) is 11.4 Å². The quantitative estimate of drug-likeness (QED) is 0.0125. The summed E-state index contributed by atoms with van der Waals surface area (Å²) in [4.78, 5) is 37.8. The minimum atomic E-state index is -2.65. The van der Waals surface area contributed by atoms with Crippen LogP contribution < -0.4 is 24.7 Å². The fraction of sp³-hybridized carbons (Fsp3) is 0.164. The van der Waals surface area contributed by atoms with E-state index in [1.807, 2.05) is 86.7 Å². The number of nitrogens with zero attached hydrogens (tertiary/aromatic N) is 6. The van der Waals surface area contributed by atoms with Crippen molar-refractivity contribution >= 4 is 157 Å². The molecule has 0 radical (unpaired) electrons. The Labute approximate surface area is 565 Å². The van der Waals surface area contributed by atoms with Crippen molar-refractivity contribution in [3.05, 3.63) is 214 Å². The summed E-state index contributed by atoms with van der Waals surface area (Å²) in [6, 6.07) is 34.2. The van der Waals surface area contributed by atoms with Crippen LogP contribution in [0.2, 0.25) is 0 Å². The number of nitro benzene ring substituents is 2. The Hall–Kier alpha value is -9.37. The molecule has 7 aromatic carbocycles. The lowest BCUT2D eigenvalue weighted by atomic mass is 10.2. The molecule has 11 aromatic rings. The lowest BCUT2D eigenvalue weighted by molar-refractivity contribution is -0.385. The summed E-state index contributed by atoms with van der Waals surface area (Å²) in [5.41, 5.74) is 13.7. The molecule has 94 heavy (non-hydrogen) atoms.